The van der Waals surface area contributed by atoms with Crippen molar-refractivity contribution in [3.05, 3.63) is 47.5 Å². The van der Waals surface area contributed by atoms with Crippen LogP contribution >= 0.6 is 0 Å². The molecule has 0 radical (unpaired) electrons. The molecule has 0 unspecified atom stereocenters. The molecule has 9 heteroatoms. The Kier molecular flexibility index (Phi) is 5.34. The Labute approximate surface area is 192 Å². The van der Waals surface area contributed by atoms with E-state index in [9.17, 15) is 14.4 Å². The standard InChI is InChI=1S/C24H29N5O4/c1-24(23(32)25-13-16-7-3-4-8-18(16)33-2)14-28-15-26-19(21(30)27-11-5-6-12-27)20(28)22(31)29(24)17-9-10-17/h3-4,7-8,15,17H,5-6,9-14H2,1-2H3,(H,25,32)/t24-/m1/s1. The van der Waals surface area contributed by atoms with Gasteiger partial charge in [-0.05, 0) is 38.7 Å². The number of nitrogens with zero attached hydrogens (tertiary/aromatic N) is 4. The molecular weight excluding hydrogens is 422 g/mol. The van der Waals surface area contributed by atoms with Gasteiger partial charge in [0, 0.05) is 31.2 Å². The third kappa shape index (κ3) is 3.65. The summed E-state index contributed by atoms with van der Waals surface area (Å²) in [6.45, 7) is 3.72. The molecule has 174 valence electrons. The van der Waals surface area contributed by atoms with E-state index in [-0.39, 0.29) is 36.0 Å². The Balaban J connectivity index is 1.42. The lowest BCUT2D eigenvalue weighted by atomic mass is 9.93. The van der Waals surface area contributed by atoms with Gasteiger partial charge < -0.3 is 24.4 Å². The fourth-order valence-electron chi connectivity index (χ4n) is 5.00. The van der Waals surface area contributed by atoms with Crippen molar-refractivity contribution in [2.75, 3.05) is 20.2 Å². The number of rotatable bonds is 6. The number of para-hydroxylation sites is 1. The van der Waals surface area contributed by atoms with E-state index in [0.717, 1.165) is 31.2 Å². The molecule has 33 heavy (non-hydrogen) atoms. The number of ether oxygens (including phenoxy) is 1. The molecule has 3 aliphatic rings. The molecule has 0 spiro atoms. The molecule has 1 saturated carbocycles. The lowest BCUT2D eigenvalue weighted by Gasteiger charge is -2.44. The van der Waals surface area contributed by atoms with Crippen molar-refractivity contribution in [3.8, 4) is 5.75 Å². The van der Waals surface area contributed by atoms with Crippen LogP contribution < -0.4 is 10.1 Å². The van der Waals surface area contributed by atoms with Crippen LogP contribution in [0.15, 0.2) is 30.6 Å². The normalized spacial score (nSPS) is 22.3. The van der Waals surface area contributed by atoms with Gasteiger partial charge in [0.25, 0.3) is 11.8 Å². The van der Waals surface area contributed by atoms with Gasteiger partial charge in [-0.1, -0.05) is 18.2 Å². The first-order valence-electron chi connectivity index (χ1n) is 11.5. The van der Waals surface area contributed by atoms with Crippen molar-refractivity contribution in [1.29, 1.82) is 0 Å². The number of amides is 3. The molecule has 3 heterocycles. The first-order valence-corrected chi connectivity index (χ1v) is 11.5. The molecule has 0 bridgehead atoms. The number of hydrogen-bond donors (Lipinski definition) is 1. The number of methoxy groups -OCH3 is 1. The third-order valence-corrected chi connectivity index (χ3v) is 6.90. The van der Waals surface area contributed by atoms with E-state index >= 15 is 0 Å². The second-order valence-electron chi connectivity index (χ2n) is 9.24. The number of carbonyl (C=O) groups excluding carboxylic acids is 3. The predicted octanol–water partition coefficient (Wildman–Crippen LogP) is 1.82. The fourth-order valence-corrected chi connectivity index (χ4v) is 5.00. The van der Waals surface area contributed by atoms with E-state index in [0.29, 0.717) is 31.1 Å². The van der Waals surface area contributed by atoms with Gasteiger partial charge >= 0.3 is 0 Å². The summed E-state index contributed by atoms with van der Waals surface area (Å²) >= 11 is 0. The molecule has 3 amide bonds. The zero-order chi connectivity index (χ0) is 23.2. The highest BCUT2D eigenvalue weighted by Gasteiger charge is 2.53. The van der Waals surface area contributed by atoms with E-state index in [1.807, 2.05) is 24.3 Å². The Hall–Kier alpha value is -3.36. The average molecular weight is 452 g/mol. The first kappa shape index (κ1) is 21.5. The summed E-state index contributed by atoms with van der Waals surface area (Å²) in [6, 6.07) is 7.51. The smallest absolute Gasteiger partial charge is 0.274 e. The van der Waals surface area contributed by atoms with Crippen LogP contribution in [0.1, 0.15) is 59.1 Å². The Bertz CT molecular complexity index is 1100. The molecular formula is C24H29N5O4. The van der Waals surface area contributed by atoms with Crippen LogP contribution in [0.4, 0.5) is 0 Å². The molecule has 2 aromatic rings. The van der Waals surface area contributed by atoms with Crippen LogP contribution in [0, 0.1) is 0 Å². The van der Waals surface area contributed by atoms with Crippen LogP contribution in [0.25, 0.3) is 0 Å². The van der Waals surface area contributed by atoms with Gasteiger partial charge in [0.05, 0.1) is 20.0 Å². The number of likely N-dealkylation sites (tertiary alicyclic amines) is 1. The summed E-state index contributed by atoms with van der Waals surface area (Å²) in [6.07, 6.45) is 5.16. The van der Waals surface area contributed by atoms with Gasteiger partial charge in [-0.15, -0.1) is 0 Å². The molecule has 1 atom stereocenters. The highest BCUT2D eigenvalue weighted by Crippen LogP contribution is 2.39. The largest absolute Gasteiger partial charge is 0.496 e. The molecule has 1 N–H and O–H groups in total. The predicted molar refractivity (Wildman–Crippen MR) is 120 cm³/mol. The second kappa shape index (κ2) is 8.20. The van der Waals surface area contributed by atoms with Gasteiger partial charge in [-0.3, -0.25) is 14.4 Å². The lowest BCUT2D eigenvalue weighted by Crippen LogP contribution is -2.64. The summed E-state index contributed by atoms with van der Waals surface area (Å²) < 4.78 is 7.06. The number of aromatic nitrogens is 2. The van der Waals surface area contributed by atoms with Gasteiger partial charge in [0.15, 0.2) is 5.69 Å². The minimum Gasteiger partial charge on any atom is -0.496 e. The van der Waals surface area contributed by atoms with Crippen LogP contribution in [0.5, 0.6) is 5.75 Å². The zero-order valence-electron chi connectivity index (χ0n) is 19.0. The van der Waals surface area contributed by atoms with Crippen LogP contribution in [0.2, 0.25) is 0 Å². The monoisotopic (exact) mass is 451 g/mol. The van der Waals surface area contributed by atoms with Crippen LogP contribution in [0.3, 0.4) is 0 Å². The van der Waals surface area contributed by atoms with Gasteiger partial charge in [-0.25, -0.2) is 4.98 Å². The topological polar surface area (TPSA) is 96.8 Å². The molecule has 1 saturated heterocycles. The molecule has 1 aromatic heterocycles. The molecule has 5 rings (SSSR count). The van der Waals surface area contributed by atoms with Gasteiger partial charge in [-0.2, -0.15) is 0 Å². The summed E-state index contributed by atoms with van der Waals surface area (Å²) in [5.74, 6) is -0.0302. The summed E-state index contributed by atoms with van der Waals surface area (Å²) in [4.78, 5) is 48.0. The Morgan fingerprint density at radius 1 is 1.21 bits per heavy atom. The SMILES string of the molecule is COc1ccccc1CNC(=O)[C@@]1(C)Cn2cnc(C(=O)N3CCCC3)c2C(=O)N1C1CC1. The number of nitrogens with one attached hydrogen (secondary N) is 1. The number of carbonyl (C=O) groups is 3. The minimum absolute atomic E-state index is 0.00194. The maximum absolute atomic E-state index is 13.7. The lowest BCUT2D eigenvalue weighted by molar-refractivity contribution is -0.133. The summed E-state index contributed by atoms with van der Waals surface area (Å²) in [5, 5.41) is 3.00. The highest BCUT2D eigenvalue weighted by atomic mass is 16.5. The average Bonchev–Trinajstić information content (AvgIpc) is 3.32. The first-order chi connectivity index (χ1) is 15.9. The van der Waals surface area contributed by atoms with Crippen molar-refractivity contribution in [3.63, 3.8) is 0 Å². The molecule has 2 aliphatic heterocycles. The number of imidazole rings is 1. The molecule has 9 nitrogen and oxygen atoms in total. The van der Waals surface area contributed by atoms with Gasteiger partial charge in [0.2, 0.25) is 5.91 Å². The second-order valence-corrected chi connectivity index (χ2v) is 9.24. The summed E-state index contributed by atoms with van der Waals surface area (Å²) in [5.41, 5.74) is 0.277. The minimum atomic E-state index is -1.08. The molecule has 1 aliphatic carbocycles. The molecule has 2 fully saturated rings. The number of hydrogen-bond acceptors (Lipinski definition) is 5. The van der Waals surface area contributed by atoms with Gasteiger partial charge in [0.1, 0.15) is 17.0 Å². The summed E-state index contributed by atoms with van der Waals surface area (Å²) in [7, 11) is 1.60. The van der Waals surface area contributed by atoms with E-state index < -0.39 is 5.54 Å². The van der Waals surface area contributed by atoms with Crippen molar-refractivity contribution >= 4 is 17.7 Å². The van der Waals surface area contributed by atoms with E-state index in [1.165, 1.54) is 6.33 Å². The van der Waals surface area contributed by atoms with Crippen molar-refractivity contribution in [2.24, 2.45) is 0 Å². The fraction of sp³-hybridized carbons (Fsp3) is 0.500. The maximum atomic E-state index is 13.7. The van der Waals surface area contributed by atoms with Crippen LogP contribution in [-0.2, 0) is 17.9 Å². The zero-order valence-corrected chi connectivity index (χ0v) is 19.0. The number of benzene rings is 1. The van der Waals surface area contributed by atoms with Crippen molar-refractivity contribution in [2.45, 2.75) is 57.3 Å². The third-order valence-electron chi connectivity index (χ3n) is 6.90. The van der Waals surface area contributed by atoms with Crippen molar-refractivity contribution in [1.82, 2.24) is 24.7 Å². The number of fused-ring (bicyclic) bond motifs is 1. The maximum Gasteiger partial charge on any atom is 0.274 e. The molecule has 1 aromatic carbocycles. The van der Waals surface area contributed by atoms with Crippen LogP contribution in [-0.4, -0.2) is 68.9 Å². The quantitative estimate of drug-likeness (QED) is 0.723. The van der Waals surface area contributed by atoms with Crippen molar-refractivity contribution < 1.29 is 19.1 Å². The Morgan fingerprint density at radius 3 is 2.64 bits per heavy atom. The van der Waals surface area contributed by atoms with E-state index in [4.69, 9.17) is 4.74 Å². The Morgan fingerprint density at radius 2 is 1.94 bits per heavy atom. The van der Waals surface area contributed by atoms with E-state index in [2.05, 4.69) is 10.3 Å². The highest BCUT2D eigenvalue weighted by molar-refractivity contribution is 6.07. The van der Waals surface area contributed by atoms with E-state index in [1.54, 1.807) is 28.4 Å².